The van der Waals surface area contributed by atoms with Crippen molar-refractivity contribution in [2.75, 3.05) is 26.4 Å². The first-order valence-electron chi connectivity index (χ1n) is 12.5. The van der Waals surface area contributed by atoms with Crippen molar-refractivity contribution < 1.29 is 42.9 Å². The zero-order chi connectivity index (χ0) is 26.3. The van der Waals surface area contributed by atoms with Crippen LogP contribution in [0.15, 0.2) is 34.9 Å². The summed E-state index contributed by atoms with van der Waals surface area (Å²) in [6.45, 7) is 7.07. The van der Waals surface area contributed by atoms with Crippen LogP contribution >= 0.6 is 0 Å². The second-order valence-corrected chi connectivity index (χ2v) is 9.70. The molecule has 0 aliphatic heterocycles. The number of carbonyl (C=O) groups excluding carboxylic acids is 5. The van der Waals surface area contributed by atoms with Gasteiger partial charge < -0.3 is 18.9 Å². The second kappa shape index (κ2) is 9.33. The van der Waals surface area contributed by atoms with E-state index < -0.39 is 46.0 Å². The van der Waals surface area contributed by atoms with E-state index in [0.717, 1.165) is 5.57 Å². The fraction of sp³-hybridized carbons (Fsp3) is 0.593. The molecule has 9 heteroatoms. The summed E-state index contributed by atoms with van der Waals surface area (Å²) in [6.07, 6.45) is 5.33. The van der Waals surface area contributed by atoms with Crippen molar-refractivity contribution >= 4 is 29.7 Å². The topological polar surface area (TPSA) is 122 Å². The van der Waals surface area contributed by atoms with Crippen LogP contribution in [0.4, 0.5) is 0 Å². The Labute approximate surface area is 209 Å². The summed E-state index contributed by atoms with van der Waals surface area (Å²) in [5, 5.41) is 0. The van der Waals surface area contributed by atoms with Crippen LogP contribution in [-0.4, -0.2) is 56.1 Å². The summed E-state index contributed by atoms with van der Waals surface area (Å²) in [7, 11) is 0. The SMILES string of the molecule is CCOC(=O)C1(C(=O)OCC)CC2=CC3C(=O)C=C4CC(C(=O)OCC)(C(=O)OCC)CC43C=C2C1. The monoisotopic (exact) mass is 500 g/mol. The van der Waals surface area contributed by atoms with Crippen molar-refractivity contribution in [3.8, 4) is 0 Å². The Kier molecular flexibility index (Phi) is 6.70. The normalized spacial score (nSPS) is 26.5. The molecule has 0 saturated heterocycles. The third-order valence-corrected chi connectivity index (χ3v) is 7.72. The quantitative estimate of drug-likeness (QED) is 0.281. The average molecular weight is 501 g/mol. The Balaban J connectivity index is 1.79. The van der Waals surface area contributed by atoms with Crippen LogP contribution in [-0.2, 0) is 42.9 Å². The molecule has 0 aromatic rings. The van der Waals surface area contributed by atoms with E-state index in [0.29, 0.717) is 11.1 Å². The molecule has 2 saturated carbocycles. The van der Waals surface area contributed by atoms with Crippen molar-refractivity contribution in [3.63, 3.8) is 0 Å². The number of esters is 4. The number of allylic oxidation sites excluding steroid dienone is 6. The third kappa shape index (κ3) is 3.62. The van der Waals surface area contributed by atoms with Crippen LogP contribution in [0.2, 0.25) is 0 Å². The molecule has 0 aromatic carbocycles. The number of rotatable bonds is 8. The van der Waals surface area contributed by atoms with Crippen LogP contribution in [0.5, 0.6) is 0 Å². The fourth-order valence-corrected chi connectivity index (χ4v) is 6.22. The molecule has 0 amide bonds. The maximum atomic E-state index is 13.1. The molecule has 0 bridgehead atoms. The number of hydrogen-bond donors (Lipinski definition) is 0. The van der Waals surface area contributed by atoms with Gasteiger partial charge in [-0.2, -0.15) is 0 Å². The van der Waals surface area contributed by atoms with Crippen molar-refractivity contribution in [2.24, 2.45) is 22.2 Å². The first kappa shape index (κ1) is 25.9. The van der Waals surface area contributed by atoms with Gasteiger partial charge in [-0.15, -0.1) is 0 Å². The standard InChI is InChI=1S/C27H32O9/c1-5-33-21(29)25(22(30)34-6-2)11-16-9-19-20(28)10-18-14-27(23(31)35-7-3,24(32)36-8-4)15-26(18,19)13-17(16)12-25/h9-10,13,19H,5-8,11-12,14-15H2,1-4H3. The minimum absolute atomic E-state index is 0.0129. The van der Waals surface area contributed by atoms with Gasteiger partial charge in [0.05, 0.1) is 32.3 Å². The molecule has 2 atom stereocenters. The Hall–Kier alpha value is -3.23. The summed E-state index contributed by atoms with van der Waals surface area (Å²) in [6, 6.07) is 0. The highest BCUT2D eigenvalue weighted by atomic mass is 16.6. The van der Waals surface area contributed by atoms with Crippen molar-refractivity contribution in [1.82, 2.24) is 0 Å². The molecule has 0 heterocycles. The van der Waals surface area contributed by atoms with Crippen LogP contribution in [0.25, 0.3) is 0 Å². The lowest BCUT2D eigenvalue weighted by atomic mass is 9.67. The lowest BCUT2D eigenvalue weighted by Gasteiger charge is -2.35. The van der Waals surface area contributed by atoms with E-state index in [-0.39, 0.29) is 57.9 Å². The maximum Gasteiger partial charge on any atom is 0.324 e. The molecular formula is C27H32O9. The molecule has 2 unspecified atom stereocenters. The zero-order valence-corrected chi connectivity index (χ0v) is 21.1. The highest BCUT2D eigenvalue weighted by molar-refractivity contribution is 6.06. The van der Waals surface area contributed by atoms with Gasteiger partial charge in [0.15, 0.2) is 16.6 Å². The smallest absolute Gasteiger partial charge is 0.324 e. The molecular weight excluding hydrogens is 468 g/mol. The summed E-state index contributed by atoms with van der Waals surface area (Å²) in [5.74, 6) is -3.47. The van der Waals surface area contributed by atoms with E-state index in [2.05, 4.69) is 0 Å². The highest BCUT2D eigenvalue weighted by Crippen LogP contribution is 2.65. The lowest BCUT2D eigenvalue weighted by Crippen LogP contribution is -2.42. The first-order valence-corrected chi connectivity index (χ1v) is 12.5. The molecule has 0 N–H and O–H groups in total. The van der Waals surface area contributed by atoms with E-state index in [1.807, 2.05) is 6.08 Å². The third-order valence-electron chi connectivity index (χ3n) is 7.72. The van der Waals surface area contributed by atoms with Crippen LogP contribution in [0, 0.1) is 22.2 Å². The molecule has 4 rings (SSSR count). The van der Waals surface area contributed by atoms with Crippen molar-refractivity contribution in [2.45, 2.75) is 53.4 Å². The van der Waals surface area contributed by atoms with Crippen molar-refractivity contribution in [3.05, 3.63) is 34.9 Å². The Bertz CT molecular complexity index is 1070. The van der Waals surface area contributed by atoms with Gasteiger partial charge in [0, 0.05) is 5.41 Å². The number of ketones is 1. The molecule has 194 valence electrons. The summed E-state index contributed by atoms with van der Waals surface area (Å²) >= 11 is 0. The summed E-state index contributed by atoms with van der Waals surface area (Å²) in [4.78, 5) is 65.4. The molecule has 1 spiro atoms. The minimum Gasteiger partial charge on any atom is -0.465 e. The van der Waals surface area contributed by atoms with Crippen LogP contribution in [0.3, 0.4) is 0 Å². The van der Waals surface area contributed by atoms with Crippen molar-refractivity contribution in [1.29, 1.82) is 0 Å². The van der Waals surface area contributed by atoms with E-state index in [1.165, 1.54) is 6.08 Å². The fourth-order valence-electron chi connectivity index (χ4n) is 6.22. The molecule has 4 aliphatic rings. The molecule has 0 radical (unpaired) electrons. The van der Waals surface area contributed by atoms with Crippen LogP contribution < -0.4 is 0 Å². The molecule has 9 nitrogen and oxygen atoms in total. The van der Waals surface area contributed by atoms with E-state index in [9.17, 15) is 24.0 Å². The van der Waals surface area contributed by atoms with Gasteiger partial charge in [0.2, 0.25) is 0 Å². The predicted molar refractivity (Wildman–Crippen MR) is 125 cm³/mol. The number of ether oxygens (including phenoxy) is 4. The van der Waals surface area contributed by atoms with Gasteiger partial charge in [-0.1, -0.05) is 17.7 Å². The highest BCUT2D eigenvalue weighted by Gasteiger charge is 2.67. The van der Waals surface area contributed by atoms with Gasteiger partial charge in [0.1, 0.15) is 0 Å². The van der Waals surface area contributed by atoms with E-state index >= 15 is 0 Å². The van der Waals surface area contributed by atoms with Gasteiger partial charge >= 0.3 is 23.9 Å². The Morgan fingerprint density at radius 1 is 0.750 bits per heavy atom. The van der Waals surface area contributed by atoms with Gasteiger partial charge in [-0.05, 0) is 70.6 Å². The van der Waals surface area contributed by atoms with Crippen LogP contribution in [0.1, 0.15) is 53.4 Å². The number of hydrogen-bond acceptors (Lipinski definition) is 9. The Morgan fingerprint density at radius 2 is 1.22 bits per heavy atom. The summed E-state index contributed by atoms with van der Waals surface area (Å²) < 4.78 is 21.1. The molecule has 0 aromatic heterocycles. The lowest BCUT2D eigenvalue weighted by molar-refractivity contribution is -0.173. The molecule has 2 fully saturated rings. The van der Waals surface area contributed by atoms with Gasteiger partial charge in [0.25, 0.3) is 0 Å². The molecule has 36 heavy (non-hydrogen) atoms. The summed E-state index contributed by atoms with van der Waals surface area (Å²) in [5.41, 5.74) is -1.96. The average Bonchev–Trinajstić information content (AvgIpc) is 3.44. The maximum absolute atomic E-state index is 13.1. The van der Waals surface area contributed by atoms with Gasteiger partial charge in [-0.25, -0.2) is 0 Å². The number of fused-ring (bicyclic) bond motifs is 1. The first-order chi connectivity index (χ1) is 17.1. The minimum atomic E-state index is -1.57. The van der Waals surface area contributed by atoms with Gasteiger partial charge in [-0.3, -0.25) is 24.0 Å². The predicted octanol–water partition coefficient (Wildman–Crippen LogP) is 2.78. The van der Waals surface area contributed by atoms with E-state index in [4.69, 9.17) is 18.9 Å². The largest absolute Gasteiger partial charge is 0.465 e. The molecule has 4 aliphatic carbocycles. The zero-order valence-electron chi connectivity index (χ0n) is 21.1. The number of carbonyl (C=O) groups is 5. The second-order valence-electron chi connectivity index (χ2n) is 9.70. The van der Waals surface area contributed by atoms with E-state index in [1.54, 1.807) is 33.8 Å². The Morgan fingerprint density at radius 3 is 1.72 bits per heavy atom.